The molecule has 3 aromatic heterocycles. The van der Waals surface area contributed by atoms with Gasteiger partial charge in [0.05, 0.1) is 37.7 Å². The van der Waals surface area contributed by atoms with Gasteiger partial charge in [-0.15, -0.1) is 10.2 Å². The lowest BCUT2D eigenvalue weighted by Gasteiger charge is -2.45. The molecule has 4 aromatic rings. The molecule has 0 bridgehead atoms. The Hall–Kier alpha value is -3.46. The van der Waals surface area contributed by atoms with E-state index in [1.807, 2.05) is 25.4 Å². The molecule has 31 heavy (non-hydrogen) atoms. The minimum Gasteiger partial charge on any atom is -0.423 e. The lowest BCUT2D eigenvalue weighted by Crippen LogP contribution is -2.55. The van der Waals surface area contributed by atoms with E-state index in [0.717, 1.165) is 53.3 Å². The zero-order chi connectivity index (χ0) is 20.8. The molecule has 1 aromatic carbocycles. The summed E-state index contributed by atoms with van der Waals surface area (Å²) in [5.41, 5.74) is 3.08. The van der Waals surface area contributed by atoms with Crippen molar-refractivity contribution in [3.05, 3.63) is 48.4 Å². The molecule has 0 saturated carbocycles. The van der Waals surface area contributed by atoms with E-state index in [-0.39, 0.29) is 6.04 Å². The smallest absolute Gasteiger partial charge is 0.235 e. The summed E-state index contributed by atoms with van der Waals surface area (Å²) in [5.74, 6) is 2.92. The molecule has 0 spiro atoms. The lowest BCUT2D eigenvalue weighted by atomic mass is 10.1. The lowest BCUT2D eigenvalue weighted by molar-refractivity contribution is 0.0934. The summed E-state index contributed by atoms with van der Waals surface area (Å²) in [6.07, 6.45) is 4.60. The normalized spacial score (nSPS) is 18.3. The second kappa shape index (κ2) is 7.35. The van der Waals surface area contributed by atoms with Gasteiger partial charge in [0.1, 0.15) is 0 Å². The van der Waals surface area contributed by atoms with Crippen molar-refractivity contribution in [1.29, 1.82) is 0 Å². The Morgan fingerprint density at radius 2 is 2.13 bits per heavy atom. The van der Waals surface area contributed by atoms with Crippen LogP contribution in [0.4, 0.5) is 11.5 Å². The van der Waals surface area contributed by atoms with Crippen LogP contribution in [0.5, 0.6) is 0 Å². The molecular weight excluding hydrogens is 394 g/mol. The Bertz CT molecular complexity index is 1230. The first-order chi connectivity index (χ1) is 15.3. The van der Waals surface area contributed by atoms with Crippen LogP contribution in [0, 0.1) is 0 Å². The summed E-state index contributed by atoms with van der Waals surface area (Å²) in [6.45, 7) is 5.52. The number of aryl methyl sites for hydroxylation is 1. The molecule has 0 radical (unpaired) electrons. The van der Waals surface area contributed by atoms with E-state index in [1.54, 1.807) is 0 Å². The van der Waals surface area contributed by atoms with E-state index in [2.05, 4.69) is 43.2 Å². The number of aromatic amines is 1. The molecule has 9 heteroatoms. The molecule has 1 fully saturated rings. The highest BCUT2D eigenvalue weighted by atomic mass is 16.5. The van der Waals surface area contributed by atoms with Gasteiger partial charge in [-0.2, -0.15) is 0 Å². The highest BCUT2D eigenvalue weighted by molar-refractivity contribution is 5.93. The highest BCUT2D eigenvalue weighted by Crippen LogP contribution is 2.37. The van der Waals surface area contributed by atoms with E-state index in [0.29, 0.717) is 31.5 Å². The second-order valence-electron chi connectivity index (χ2n) is 7.89. The largest absolute Gasteiger partial charge is 0.423 e. The average Bonchev–Trinajstić information content (AvgIpc) is 3.48. The number of nitrogens with one attached hydrogen (secondary N) is 1. The number of aromatic nitrogens is 5. The van der Waals surface area contributed by atoms with Crippen molar-refractivity contribution in [3.8, 4) is 11.4 Å². The van der Waals surface area contributed by atoms with Crippen LogP contribution in [0.15, 0.2) is 41.1 Å². The van der Waals surface area contributed by atoms with Gasteiger partial charge in [0.15, 0.2) is 11.6 Å². The minimum atomic E-state index is 0.223. The van der Waals surface area contributed by atoms with Crippen molar-refractivity contribution in [2.24, 2.45) is 0 Å². The van der Waals surface area contributed by atoms with Crippen molar-refractivity contribution in [2.75, 3.05) is 36.1 Å². The third-order valence-electron chi connectivity index (χ3n) is 5.99. The Kier molecular flexibility index (Phi) is 4.34. The maximum atomic E-state index is 5.77. The van der Waals surface area contributed by atoms with Crippen LogP contribution in [-0.4, -0.2) is 57.5 Å². The number of rotatable bonds is 4. The molecule has 2 aliphatic rings. The van der Waals surface area contributed by atoms with Crippen molar-refractivity contribution in [2.45, 2.75) is 25.9 Å². The van der Waals surface area contributed by atoms with E-state index in [9.17, 15) is 0 Å². The molecule has 158 valence electrons. The highest BCUT2D eigenvalue weighted by Gasteiger charge is 2.35. The molecule has 1 N–H and O–H groups in total. The number of hydrogen-bond acceptors (Lipinski definition) is 8. The van der Waals surface area contributed by atoms with Crippen LogP contribution in [-0.2, 0) is 17.7 Å². The summed E-state index contributed by atoms with van der Waals surface area (Å²) >= 11 is 0. The van der Waals surface area contributed by atoms with Crippen LogP contribution < -0.4 is 9.80 Å². The van der Waals surface area contributed by atoms with Crippen molar-refractivity contribution < 1.29 is 9.15 Å². The van der Waals surface area contributed by atoms with Crippen LogP contribution >= 0.6 is 0 Å². The predicted octanol–water partition coefficient (Wildman–Crippen LogP) is 2.80. The minimum absolute atomic E-state index is 0.223. The quantitative estimate of drug-likeness (QED) is 0.542. The van der Waals surface area contributed by atoms with Gasteiger partial charge in [0, 0.05) is 42.2 Å². The van der Waals surface area contributed by atoms with Gasteiger partial charge in [-0.05, 0) is 12.1 Å². The van der Waals surface area contributed by atoms with Gasteiger partial charge in [-0.3, -0.25) is 0 Å². The molecule has 6 rings (SSSR count). The van der Waals surface area contributed by atoms with Crippen LogP contribution in [0.2, 0.25) is 0 Å². The molecular formula is C22H23N7O2. The molecule has 0 aliphatic carbocycles. The first kappa shape index (κ1) is 18.3. The van der Waals surface area contributed by atoms with Gasteiger partial charge in [-0.25, -0.2) is 9.97 Å². The zero-order valence-corrected chi connectivity index (χ0v) is 17.3. The maximum Gasteiger partial charge on any atom is 0.235 e. The monoisotopic (exact) mass is 417 g/mol. The summed E-state index contributed by atoms with van der Waals surface area (Å²) in [4.78, 5) is 17.6. The Balaban J connectivity index is 1.42. The SMILES string of the molecule is CCc1nnc(CN2CC3COCCN3c3nc(-c4cccc5[nH]ccc45)ncc32)o1. The molecule has 1 atom stereocenters. The number of fused-ring (bicyclic) bond motifs is 4. The second-order valence-corrected chi connectivity index (χ2v) is 7.89. The standard InChI is InChI=1S/C22H23N7O2/c1-2-19-26-27-20(31-19)12-28-11-14-13-30-9-8-29(14)22-18(28)10-24-21(25-22)16-4-3-5-17-15(16)6-7-23-17/h3-7,10,14,23H,2,8-9,11-13H2,1H3. The van der Waals surface area contributed by atoms with Gasteiger partial charge >= 0.3 is 0 Å². The molecule has 1 unspecified atom stereocenters. The number of ether oxygens (including phenoxy) is 1. The topological polar surface area (TPSA) is 96.2 Å². The predicted molar refractivity (Wildman–Crippen MR) is 116 cm³/mol. The number of benzene rings is 1. The molecule has 0 amide bonds. The van der Waals surface area contributed by atoms with E-state index < -0.39 is 0 Å². The Morgan fingerprint density at radius 3 is 3.03 bits per heavy atom. The number of hydrogen-bond donors (Lipinski definition) is 1. The molecule has 5 heterocycles. The average molecular weight is 417 g/mol. The van der Waals surface area contributed by atoms with Crippen LogP contribution in [0.1, 0.15) is 18.7 Å². The van der Waals surface area contributed by atoms with Crippen molar-refractivity contribution in [3.63, 3.8) is 0 Å². The number of morpholine rings is 1. The van der Waals surface area contributed by atoms with Crippen molar-refractivity contribution in [1.82, 2.24) is 25.1 Å². The Labute approximate surface area is 179 Å². The fourth-order valence-electron chi connectivity index (χ4n) is 4.46. The third kappa shape index (κ3) is 3.12. The molecule has 2 aliphatic heterocycles. The third-order valence-corrected chi connectivity index (χ3v) is 5.99. The summed E-state index contributed by atoms with van der Waals surface area (Å²) < 4.78 is 11.5. The van der Waals surface area contributed by atoms with E-state index >= 15 is 0 Å². The summed E-state index contributed by atoms with van der Waals surface area (Å²) in [5, 5.41) is 9.42. The first-order valence-corrected chi connectivity index (χ1v) is 10.6. The molecule has 1 saturated heterocycles. The zero-order valence-electron chi connectivity index (χ0n) is 17.3. The number of nitrogens with zero attached hydrogens (tertiary/aromatic N) is 6. The fraction of sp³-hybridized carbons (Fsp3) is 0.364. The fourth-order valence-corrected chi connectivity index (χ4v) is 4.46. The number of H-pyrrole nitrogens is 1. The summed E-state index contributed by atoms with van der Waals surface area (Å²) in [6, 6.07) is 8.45. The number of anilines is 2. The van der Waals surface area contributed by atoms with Gasteiger partial charge in [0.25, 0.3) is 0 Å². The summed E-state index contributed by atoms with van der Waals surface area (Å²) in [7, 11) is 0. The molecule has 9 nitrogen and oxygen atoms in total. The van der Waals surface area contributed by atoms with E-state index in [4.69, 9.17) is 19.1 Å². The maximum absolute atomic E-state index is 5.77. The van der Waals surface area contributed by atoms with E-state index in [1.165, 1.54) is 0 Å². The first-order valence-electron chi connectivity index (χ1n) is 10.6. The van der Waals surface area contributed by atoms with Crippen molar-refractivity contribution >= 4 is 22.4 Å². The van der Waals surface area contributed by atoms with Gasteiger partial charge in [0.2, 0.25) is 11.8 Å². The van der Waals surface area contributed by atoms with Crippen LogP contribution in [0.3, 0.4) is 0 Å². The van der Waals surface area contributed by atoms with Crippen LogP contribution in [0.25, 0.3) is 22.3 Å². The van der Waals surface area contributed by atoms with Gasteiger partial charge < -0.3 is 23.9 Å². The van der Waals surface area contributed by atoms with Gasteiger partial charge in [-0.1, -0.05) is 19.1 Å². The Morgan fingerprint density at radius 1 is 1.19 bits per heavy atom.